The van der Waals surface area contributed by atoms with Gasteiger partial charge in [-0.1, -0.05) is 6.92 Å². The average molecular weight is 280 g/mol. The Morgan fingerprint density at radius 2 is 2.05 bits per heavy atom. The van der Waals surface area contributed by atoms with E-state index < -0.39 is 4.92 Å². The number of nitro groups is 1. The minimum atomic E-state index is -0.459. The Hall–Kier alpha value is -2.15. The number of anilines is 1. The lowest BCUT2D eigenvalue weighted by molar-refractivity contribution is -0.384. The van der Waals surface area contributed by atoms with Gasteiger partial charge in [-0.25, -0.2) is 0 Å². The molecule has 0 fully saturated rings. The second-order valence-electron chi connectivity index (χ2n) is 4.47. The van der Waals surface area contributed by atoms with Crippen molar-refractivity contribution in [3.8, 4) is 0 Å². The largest absolute Gasteiger partial charge is 0.378 e. The molecule has 0 aliphatic carbocycles. The molecule has 0 saturated carbocycles. The maximum Gasteiger partial charge on any atom is 0.292 e. The fraction of sp³-hybridized carbons (Fsp3) is 0.462. The Morgan fingerprint density at radius 3 is 2.60 bits per heavy atom. The third-order valence-electron chi connectivity index (χ3n) is 2.71. The van der Waals surface area contributed by atoms with Crippen LogP contribution in [0.3, 0.4) is 0 Å². The second-order valence-corrected chi connectivity index (χ2v) is 4.47. The number of carbonyl (C=O) groups excluding carboxylic acids is 1. The summed E-state index contributed by atoms with van der Waals surface area (Å²) in [6.07, 6.45) is 0. The van der Waals surface area contributed by atoms with E-state index in [9.17, 15) is 14.9 Å². The summed E-state index contributed by atoms with van der Waals surface area (Å²) >= 11 is 0. The number of hydrogen-bond donors (Lipinski definition) is 2. The Bertz CT molecular complexity index is 489. The van der Waals surface area contributed by atoms with Crippen molar-refractivity contribution >= 4 is 17.3 Å². The van der Waals surface area contributed by atoms with Crippen molar-refractivity contribution in [2.24, 2.45) is 0 Å². The van der Waals surface area contributed by atoms with E-state index in [1.165, 1.54) is 23.1 Å². The number of rotatable bonds is 7. The molecule has 20 heavy (non-hydrogen) atoms. The van der Waals surface area contributed by atoms with Crippen molar-refractivity contribution in [1.29, 1.82) is 0 Å². The highest BCUT2D eigenvalue weighted by Crippen LogP contribution is 2.25. The van der Waals surface area contributed by atoms with E-state index in [0.717, 1.165) is 6.54 Å². The van der Waals surface area contributed by atoms with Crippen LogP contribution < -0.4 is 10.6 Å². The molecule has 0 saturated heterocycles. The van der Waals surface area contributed by atoms with Crippen LogP contribution in [0.1, 0.15) is 17.3 Å². The lowest BCUT2D eigenvalue weighted by Crippen LogP contribution is -2.23. The first-order valence-corrected chi connectivity index (χ1v) is 6.42. The number of hydrogen-bond acceptors (Lipinski definition) is 5. The molecule has 0 unspecified atom stereocenters. The van der Waals surface area contributed by atoms with Crippen LogP contribution in [-0.4, -0.2) is 49.5 Å². The van der Waals surface area contributed by atoms with E-state index >= 15 is 0 Å². The van der Waals surface area contributed by atoms with Crippen molar-refractivity contribution in [2.75, 3.05) is 39.0 Å². The zero-order valence-corrected chi connectivity index (χ0v) is 12.0. The normalized spacial score (nSPS) is 10.2. The molecule has 0 radical (unpaired) electrons. The SMILES string of the molecule is CCNCCNc1cc(C(=O)N(C)C)ccc1[N+](=O)[O-]. The van der Waals surface area contributed by atoms with E-state index in [1.54, 1.807) is 14.1 Å². The Morgan fingerprint density at radius 1 is 1.35 bits per heavy atom. The van der Waals surface area contributed by atoms with Crippen LogP contribution in [0.4, 0.5) is 11.4 Å². The minimum absolute atomic E-state index is 0.0307. The van der Waals surface area contributed by atoms with Crippen LogP contribution in [0.25, 0.3) is 0 Å². The lowest BCUT2D eigenvalue weighted by atomic mass is 10.1. The summed E-state index contributed by atoms with van der Waals surface area (Å²) in [6, 6.07) is 4.34. The molecule has 0 aliphatic rings. The number of nitrogens with zero attached hydrogens (tertiary/aromatic N) is 2. The molecule has 1 aromatic carbocycles. The van der Waals surface area contributed by atoms with Gasteiger partial charge < -0.3 is 15.5 Å². The molecule has 0 atom stereocenters. The predicted octanol–water partition coefficient (Wildman–Crippen LogP) is 1.32. The third kappa shape index (κ3) is 4.20. The van der Waals surface area contributed by atoms with Crippen LogP contribution in [0.5, 0.6) is 0 Å². The summed E-state index contributed by atoms with van der Waals surface area (Å²) in [5.74, 6) is -0.186. The van der Waals surface area contributed by atoms with Gasteiger partial charge in [-0.3, -0.25) is 14.9 Å². The summed E-state index contributed by atoms with van der Waals surface area (Å²) < 4.78 is 0. The molecule has 1 amide bonds. The number of amides is 1. The fourth-order valence-electron chi connectivity index (χ4n) is 1.69. The highest BCUT2D eigenvalue weighted by atomic mass is 16.6. The summed E-state index contributed by atoms with van der Waals surface area (Å²) in [6.45, 7) is 4.07. The topological polar surface area (TPSA) is 87.5 Å². The fourth-order valence-corrected chi connectivity index (χ4v) is 1.69. The third-order valence-corrected chi connectivity index (χ3v) is 2.71. The number of benzene rings is 1. The molecular formula is C13H20N4O3. The molecule has 7 heteroatoms. The standard InChI is InChI=1S/C13H20N4O3/c1-4-14-7-8-15-11-9-10(13(18)16(2)3)5-6-12(11)17(19)20/h5-6,9,14-15H,4,7-8H2,1-3H3. The maximum absolute atomic E-state index is 11.9. The molecule has 0 heterocycles. The van der Waals surface area contributed by atoms with E-state index in [1.807, 2.05) is 6.92 Å². The molecule has 1 rings (SSSR count). The minimum Gasteiger partial charge on any atom is -0.378 e. The molecular weight excluding hydrogens is 260 g/mol. The maximum atomic E-state index is 11.9. The molecule has 0 bridgehead atoms. The molecule has 0 aromatic heterocycles. The van der Waals surface area contributed by atoms with Gasteiger partial charge in [-0.2, -0.15) is 0 Å². The molecule has 0 aliphatic heterocycles. The average Bonchev–Trinajstić information content (AvgIpc) is 2.42. The number of nitrogens with one attached hydrogen (secondary N) is 2. The smallest absolute Gasteiger partial charge is 0.292 e. The van der Waals surface area contributed by atoms with Gasteiger partial charge in [0.25, 0.3) is 11.6 Å². The predicted molar refractivity (Wildman–Crippen MR) is 78.1 cm³/mol. The van der Waals surface area contributed by atoms with E-state index in [4.69, 9.17) is 0 Å². The Kier molecular flexibility index (Phi) is 5.92. The van der Waals surface area contributed by atoms with E-state index in [2.05, 4.69) is 10.6 Å². The first kappa shape index (κ1) is 15.9. The quantitative estimate of drug-likeness (QED) is 0.447. The summed E-state index contributed by atoms with van der Waals surface area (Å²) in [4.78, 5) is 23.8. The monoisotopic (exact) mass is 280 g/mol. The molecule has 2 N–H and O–H groups in total. The highest BCUT2D eigenvalue weighted by Gasteiger charge is 2.17. The van der Waals surface area contributed by atoms with Crippen LogP contribution in [-0.2, 0) is 0 Å². The van der Waals surface area contributed by atoms with Gasteiger partial charge >= 0.3 is 0 Å². The molecule has 110 valence electrons. The van der Waals surface area contributed by atoms with Crippen LogP contribution >= 0.6 is 0 Å². The zero-order chi connectivity index (χ0) is 15.1. The lowest BCUT2D eigenvalue weighted by Gasteiger charge is -2.12. The second kappa shape index (κ2) is 7.44. The van der Waals surface area contributed by atoms with Crippen molar-refractivity contribution < 1.29 is 9.72 Å². The van der Waals surface area contributed by atoms with Crippen LogP contribution in [0.2, 0.25) is 0 Å². The van der Waals surface area contributed by atoms with Crippen molar-refractivity contribution in [1.82, 2.24) is 10.2 Å². The molecule has 7 nitrogen and oxygen atoms in total. The first-order valence-electron chi connectivity index (χ1n) is 6.42. The van der Waals surface area contributed by atoms with Crippen molar-refractivity contribution in [2.45, 2.75) is 6.92 Å². The number of carbonyl (C=O) groups is 1. The Balaban J connectivity index is 2.94. The summed E-state index contributed by atoms with van der Waals surface area (Å²) in [7, 11) is 3.28. The van der Waals surface area contributed by atoms with Gasteiger partial charge in [0.2, 0.25) is 0 Å². The summed E-state index contributed by atoms with van der Waals surface area (Å²) in [5.41, 5.74) is 0.754. The first-order chi connectivity index (χ1) is 9.47. The van der Waals surface area contributed by atoms with Gasteiger partial charge in [0.15, 0.2) is 0 Å². The Labute approximate surface area is 118 Å². The van der Waals surface area contributed by atoms with Gasteiger partial charge in [-0.15, -0.1) is 0 Å². The van der Waals surface area contributed by atoms with Crippen molar-refractivity contribution in [3.05, 3.63) is 33.9 Å². The highest BCUT2D eigenvalue weighted by molar-refractivity contribution is 5.95. The summed E-state index contributed by atoms with van der Waals surface area (Å²) in [5, 5.41) is 17.1. The van der Waals surface area contributed by atoms with Gasteiger partial charge in [-0.05, 0) is 18.7 Å². The van der Waals surface area contributed by atoms with Crippen LogP contribution in [0.15, 0.2) is 18.2 Å². The van der Waals surface area contributed by atoms with Crippen molar-refractivity contribution in [3.63, 3.8) is 0 Å². The van der Waals surface area contributed by atoms with Gasteiger partial charge in [0.05, 0.1) is 4.92 Å². The molecule has 1 aromatic rings. The van der Waals surface area contributed by atoms with E-state index in [-0.39, 0.29) is 11.6 Å². The zero-order valence-electron chi connectivity index (χ0n) is 12.0. The van der Waals surface area contributed by atoms with Crippen LogP contribution in [0, 0.1) is 10.1 Å². The van der Waals surface area contributed by atoms with Gasteiger partial charge in [0.1, 0.15) is 5.69 Å². The number of likely N-dealkylation sites (N-methyl/N-ethyl adjacent to an activating group) is 1. The van der Waals surface area contributed by atoms with E-state index in [0.29, 0.717) is 24.3 Å². The molecule has 0 spiro atoms. The number of nitro benzene ring substituents is 1. The van der Waals surface area contributed by atoms with Gasteiger partial charge in [0, 0.05) is 38.8 Å².